The van der Waals surface area contributed by atoms with Crippen molar-refractivity contribution in [1.29, 1.82) is 0 Å². The Morgan fingerprint density at radius 2 is 1.39 bits per heavy atom. The van der Waals surface area contributed by atoms with Gasteiger partial charge in [0.15, 0.2) is 0 Å². The predicted molar refractivity (Wildman–Crippen MR) is 138 cm³/mol. The van der Waals surface area contributed by atoms with Crippen LogP contribution in [-0.4, -0.2) is 11.1 Å². The molecule has 0 aromatic heterocycles. The molecule has 2 rings (SSSR count). The molecule has 0 bridgehead atoms. The van der Waals surface area contributed by atoms with Gasteiger partial charge in [0.05, 0.1) is 0 Å². The molecule has 0 radical (unpaired) electrons. The highest BCUT2D eigenvalue weighted by molar-refractivity contribution is 5.94. The second kappa shape index (κ2) is 16.1. The van der Waals surface area contributed by atoms with E-state index in [9.17, 15) is 9.90 Å². The zero-order valence-corrected chi connectivity index (χ0v) is 20.5. The minimum atomic E-state index is -0.527. The van der Waals surface area contributed by atoms with Gasteiger partial charge in [-0.2, -0.15) is 0 Å². The monoisotopic (exact) mass is 450 g/mol. The van der Waals surface area contributed by atoms with Crippen LogP contribution < -0.4 is 4.74 Å². The van der Waals surface area contributed by atoms with E-state index in [0.717, 1.165) is 18.4 Å². The lowest BCUT2D eigenvalue weighted by Crippen LogP contribution is -2.11. The molecule has 2 aromatic rings. The van der Waals surface area contributed by atoms with Crippen molar-refractivity contribution in [3.63, 3.8) is 0 Å². The van der Waals surface area contributed by atoms with Crippen molar-refractivity contribution < 1.29 is 14.6 Å². The van der Waals surface area contributed by atoms with Gasteiger partial charge < -0.3 is 9.84 Å². The van der Waals surface area contributed by atoms with E-state index in [2.05, 4.69) is 13.5 Å². The van der Waals surface area contributed by atoms with Crippen LogP contribution in [0.3, 0.4) is 0 Å². The fourth-order valence-corrected chi connectivity index (χ4v) is 4.20. The van der Waals surface area contributed by atoms with E-state index in [0.29, 0.717) is 17.7 Å². The molecule has 0 fully saturated rings. The molecule has 1 N–H and O–H groups in total. The third-order valence-electron chi connectivity index (χ3n) is 6.18. The van der Waals surface area contributed by atoms with Crippen LogP contribution in [0.5, 0.6) is 11.5 Å². The molecule has 0 saturated heterocycles. The Bertz CT molecular complexity index is 840. The summed E-state index contributed by atoms with van der Waals surface area (Å²) in [6, 6.07) is 12.9. The Hall–Kier alpha value is -2.55. The molecular formula is C30H42O3. The molecule has 2 aromatic carbocycles. The summed E-state index contributed by atoms with van der Waals surface area (Å²) in [6.07, 6.45) is 19.0. The highest BCUT2D eigenvalue weighted by Crippen LogP contribution is 2.27. The van der Waals surface area contributed by atoms with Gasteiger partial charge in [-0.3, -0.25) is 0 Å². The number of para-hydroxylation sites is 2. The van der Waals surface area contributed by atoms with Crippen molar-refractivity contribution in [3.05, 3.63) is 71.8 Å². The largest absolute Gasteiger partial charge is 0.507 e. The van der Waals surface area contributed by atoms with Gasteiger partial charge in [-0.25, -0.2) is 4.79 Å². The summed E-state index contributed by atoms with van der Waals surface area (Å²) < 4.78 is 5.68. The summed E-state index contributed by atoms with van der Waals surface area (Å²) in [5, 5.41) is 10.4. The maximum atomic E-state index is 12.7. The Balaban J connectivity index is 1.72. The van der Waals surface area contributed by atoms with Crippen LogP contribution >= 0.6 is 0 Å². The zero-order chi connectivity index (χ0) is 23.7. The molecule has 0 atom stereocenters. The first-order valence-corrected chi connectivity index (χ1v) is 12.9. The predicted octanol–water partition coefficient (Wildman–Crippen LogP) is 8.58. The van der Waals surface area contributed by atoms with E-state index in [1.165, 1.54) is 70.6 Å². The summed E-state index contributed by atoms with van der Waals surface area (Å²) in [5.74, 6) is 0.0282. The van der Waals surface area contributed by atoms with Crippen LogP contribution in [0.25, 0.3) is 0 Å². The van der Waals surface area contributed by atoms with Crippen LogP contribution in [0.15, 0.2) is 55.1 Å². The van der Waals surface area contributed by atoms with Crippen molar-refractivity contribution in [1.82, 2.24) is 0 Å². The number of aryl methyl sites for hydroxylation is 1. The highest BCUT2D eigenvalue weighted by atomic mass is 16.5. The SMILES string of the molecule is C=CCc1cccc(C(=O)Oc2ccccc2CCCCCCCCCCCCCC)c1O. The Morgan fingerprint density at radius 1 is 0.818 bits per heavy atom. The van der Waals surface area contributed by atoms with Crippen LogP contribution in [-0.2, 0) is 12.8 Å². The van der Waals surface area contributed by atoms with Crippen LogP contribution in [0.4, 0.5) is 0 Å². The number of carbonyl (C=O) groups excluding carboxylic acids is 1. The number of benzene rings is 2. The number of phenols is 1. The number of carbonyl (C=O) groups is 1. The van der Waals surface area contributed by atoms with Gasteiger partial charge in [-0.05, 0) is 42.5 Å². The first-order valence-electron chi connectivity index (χ1n) is 12.9. The highest BCUT2D eigenvalue weighted by Gasteiger charge is 2.17. The van der Waals surface area contributed by atoms with Gasteiger partial charge in [-0.1, -0.05) is 114 Å². The average molecular weight is 451 g/mol. The van der Waals surface area contributed by atoms with Gasteiger partial charge in [0.1, 0.15) is 17.1 Å². The number of aromatic hydroxyl groups is 1. The summed E-state index contributed by atoms with van der Waals surface area (Å²) in [4.78, 5) is 12.7. The third kappa shape index (κ3) is 9.86. The molecule has 0 aliphatic rings. The first-order chi connectivity index (χ1) is 16.2. The summed E-state index contributed by atoms with van der Waals surface area (Å²) in [7, 11) is 0. The molecule has 0 aliphatic heterocycles. The van der Waals surface area contributed by atoms with Crippen LogP contribution in [0.1, 0.15) is 105 Å². The lowest BCUT2D eigenvalue weighted by Gasteiger charge is -2.12. The quantitative estimate of drug-likeness (QED) is 0.114. The minimum Gasteiger partial charge on any atom is -0.507 e. The molecule has 3 nitrogen and oxygen atoms in total. The maximum Gasteiger partial charge on any atom is 0.347 e. The number of unbranched alkanes of at least 4 members (excludes halogenated alkanes) is 11. The standard InChI is InChI=1S/C30H42O3/c1-3-5-6-7-8-9-10-11-12-13-14-15-20-25-21-16-17-24-28(25)33-30(32)27-23-18-22-26(19-4-2)29(27)31/h4,16-18,21-24,31H,2-3,5-15,19-20H2,1H3. The molecule has 0 heterocycles. The Morgan fingerprint density at radius 3 is 2.03 bits per heavy atom. The summed E-state index contributed by atoms with van der Waals surface area (Å²) in [5.41, 5.74) is 1.90. The van der Waals surface area contributed by atoms with E-state index in [4.69, 9.17) is 4.74 Å². The van der Waals surface area contributed by atoms with Crippen molar-refractivity contribution in [2.45, 2.75) is 96.8 Å². The van der Waals surface area contributed by atoms with Crippen LogP contribution in [0, 0.1) is 0 Å². The van der Waals surface area contributed by atoms with Crippen molar-refractivity contribution in [3.8, 4) is 11.5 Å². The zero-order valence-electron chi connectivity index (χ0n) is 20.5. The lowest BCUT2D eigenvalue weighted by atomic mass is 10.0. The van der Waals surface area contributed by atoms with Crippen molar-refractivity contribution in [2.75, 3.05) is 0 Å². The fraction of sp³-hybridized carbons (Fsp3) is 0.500. The van der Waals surface area contributed by atoms with Crippen LogP contribution in [0.2, 0.25) is 0 Å². The average Bonchev–Trinajstić information content (AvgIpc) is 2.82. The number of hydrogen-bond acceptors (Lipinski definition) is 3. The molecule has 0 saturated carbocycles. The maximum absolute atomic E-state index is 12.7. The second-order valence-corrected chi connectivity index (χ2v) is 8.94. The Labute approximate surface area is 200 Å². The molecule has 0 unspecified atom stereocenters. The van der Waals surface area contributed by atoms with Gasteiger partial charge in [0.2, 0.25) is 0 Å². The van der Waals surface area contributed by atoms with Gasteiger partial charge >= 0.3 is 5.97 Å². The summed E-state index contributed by atoms with van der Waals surface area (Å²) in [6.45, 7) is 5.96. The molecule has 3 heteroatoms. The van der Waals surface area contributed by atoms with E-state index in [-0.39, 0.29) is 11.3 Å². The van der Waals surface area contributed by atoms with E-state index in [1.807, 2.05) is 24.3 Å². The van der Waals surface area contributed by atoms with Gasteiger partial charge in [-0.15, -0.1) is 6.58 Å². The number of phenolic OH excluding ortho intramolecular Hbond substituents is 1. The first kappa shape index (κ1) is 26.7. The number of rotatable bonds is 17. The molecule has 0 spiro atoms. The fourth-order valence-electron chi connectivity index (χ4n) is 4.20. The van der Waals surface area contributed by atoms with Crippen molar-refractivity contribution in [2.24, 2.45) is 0 Å². The minimum absolute atomic E-state index is 0.0270. The van der Waals surface area contributed by atoms with E-state index in [1.54, 1.807) is 24.3 Å². The molecular weight excluding hydrogens is 408 g/mol. The number of esters is 1. The Kier molecular flexibility index (Phi) is 13.0. The van der Waals surface area contributed by atoms with E-state index >= 15 is 0 Å². The molecule has 0 amide bonds. The molecule has 33 heavy (non-hydrogen) atoms. The number of ether oxygens (including phenoxy) is 1. The molecule has 0 aliphatic carbocycles. The topological polar surface area (TPSA) is 46.5 Å². The summed E-state index contributed by atoms with van der Waals surface area (Å²) >= 11 is 0. The lowest BCUT2D eigenvalue weighted by molar-refractivity contribution is 0.0729. The van der Waals surface area contributed by atoms with Gasteiger partial charge in [0.25, 0.3) is 0 Å². The second-order valence-electron chi connectivity index (χ2n) is 8.94. The third-order valence-corrected chi connectivity index (χ3v) is 6.18. The van der Waals surface area contributed by atoms with Gasteiger partial charge in [0, 0.05) is 0 Å². The normalized spacial score (nSPS) is 10.8. The number of allylic oxidation sites excluding steroid dienone is 1. The smallest absolute Gasteiger partial charge is 0.347 e. The van der Waals surface area contributed by atoms with Crippen molar-refractivity contribution >= 4 is 5.97 Å². The number of hydrogen-bond donors (Lipinski definition) is 1. The molecule has 180 valence electrons. The van der Waals surface area contributed by atoms with E-state index < -0.39 is 5.97 Å².